The van der Waals surface area contributed by atoms with Gasteiger partial charge >= 0.3 is 5.97 Å². The molecule has 0 aromatic heterocycles. The van der Waals surface area contributed by atoms with Gasteiger partial charge < -0.3 is 15.8 Å². The van der Waals surface area contributed by atoms with Crippen molar-refractivity contribution in [1.29, 1.82) is 0 Å². The van der Waals surface area contributed by atoms with Crippen LogP contribution >= 0.6 is 0 Å². The van der Waals surface area contributed by atoms with Crippen LogP contribution in [0.3, 0.4) is 0 Å². The number of nitrogen functional groups attached to an aromatic ring is 1. The lowest BCUT2D eigenvalue weighted by Gasteiger charge is -2.34. The SMILES string of the molecule is C[C@@H]1[C@@H](C)CCC[C@H]1NC(=O)COC(=O)c1cc([N+](=O)[O-])ccc1N. The Bertz CT molecular complexity index is 676. The van der Waals surface area contributed by atoms with Crippen LogP contribution in [-0.4, -0.2) is 29.4 Å². The summed E-state index contributed by atoms with van der Waals surface area (Å²) in [5.74, 6) is -0.350. The first-order chi connectivity index (χ1) is 11.8. The first-order valence-corrected chi connectivity index (χ1v) is 8.30. The van der Waals surface area contributed by atoms with E-state index in [1.165, 1.54) is 12.1 Å². The zero-order valence-electron chi connectivity index (χ0n) is 14.4. The fourth-order valence-electron chi connectivity index (χ4n) is 3.08. The lowest BCUT2D eigenvalue weighted by Crippen LogP contribution is -2.45. The molecule has 25 heavy (non-hydrogen) atoms. The first kappa shape index (κ1) is 18.7. The summed E-state index contributed by atoms with van der Waals surface area (Å²) >= 11 is 0. The molecule has 0 heterocycles. The molecule has 2 rings (SSSR count). The Morgan fingerprint density at radius 1 is 1.36 bits per heavy atom. The van der Waals surface area contributed by atoms with E-state index in [0.717, 1.165) is 25.3 Å². The topological polar surface area (TPSA) is 125 Å². The molecule has 1 aromatic carbocycles. The Morgan fingerprint density at radius 2 is 2.08 bits per heavy atom. The van der Waals surface area contributed by atoms with Crippen molar-refractivity contribution in [1.82, 2.24) is 5.32 Å². The molecule has 3 N–H and O–H groups in total. The zero-order valence-corrected chi connectivity index (χ0v) is 14.4. The van der Waals surface area contributed by atoms with Gasteiger partial charge in [-0.25, -0.2) is 4.79 Å². The maximum Gasteiger partial charge on any atom is 0.341 e. The Morgan fingerprint density at radius 3 is 2.76 bits per heavy atom. The van der Waals surface area contributed by atoms with Gasteiger partial charge in [0.25, 0.3) is 11.6 Å². The van der Waals surface area contributed by atoms with Gasteiger partial charge in [0, 0.05) is 23.9 Å². The molecule has 1 saturated carbocycles. The highest BCUT2D eigenvalue weighted by Crippen LogP contribution is 2.29. The first-order valence-electron chi connectivity index (χ1n) is 8.30. The van der Waals surface area contributed by atoms with Crippen molar-refractivity contribution in [2.75, 3.05) is 12.3 Å². The maximum atomic E-state index is 12.0. The van der Waals surface area contributed by atoms with E-state index in [0.29, 0.717) is 11.8 Å². The number of rotatable bonds is 5. The van der Waals surface area contributed by atoms with Crippen molar-refractivity contribution in [2.45, 2.75) is 39.2 Å². The Hall–Kier alpha value is -2.64. The highest BCUT2D eigenvalue weighted by Gasteiger charge is 2.28. The predicted octanol–water partition coefficient (Wildman–Crippen LogP) is 2.27. The Kier molecular flexibility index (Phi) is 5.95. The number of nitrogens with two attached hydrogens (primary N) is 1. The molecule has 0 spiro atoms. The zero-order chi connectivity index (χ0) is 18.6. The van der Waals surface area contributed by atoms with Crippen molar-refractivity contribution in [2.24, 2.45) is 11.8 Å². The van der Waals surface area contributed by atoms with Crippen LogP contribution in [0.25, 0.3) is 0 Å². The van der Waals surface area contributed by atoms with E-state index < -0.39 is 17.5 Å². The summed E-state index contributed by atoms with van der Waals surface area (Å²) in [6, 6.07) is 3.57. The summed E-state index contributed by atoms with van der Waals surface area (Å²) in [6.07, 6.45) is 3.11. The quantitative estimate of drug-likeness (QED) is 0.364. The summed E-state index contributed by atoms with van der Waals surface area (Å²) in [6.45, 7) is 3.82. The minimum absolute atomic E-state index is 0.0609. The van der Waals surface area contributed by atoms with Gasteiger partial charge in [-0.05, 0) is 24.3 Å². The minimum atomic E-state index is -0.860. The molecule has 1 amide bonds. The summed E-state index contributed by atoms with van der Waals surface area (Å²) in [5, 5.41) is 13.7. The van der Waals surface area contributed by atoms with E-state index in [4.69, 9.17) is 10.5 Å². The van der Waals surface area contributed by atoms with Crippen molar-refractivity contribution in [3.05, 3.63) is 33.9 Å². The van der Waals surface area contributed by atoms with Crippen molar-refractivity contribution >= 4 is 23.3 Å². The average Bonchev–Trinajstić information content (AvgIpc) is 2.57. The molecule has 0 bridgehead atoms. The maximum absolute atomic E-state index is 12.0. The van der Waals surface area contributed by atoms with Gasteiger partial charge in [0.15, 0.2) is 6.61 Å². The van der Waals surface area contributed by atoms with Gasteiger partial charge in [-0.2, -0.15) is 0 Å². The minimum Gasteiger partial charge on any atom is -0.452 e. The van der Waals surface area contributed by atoms with E-state index in [1.54, 1.807) is 0 Å². The Labute approximate surface area is 145 Å². The number of nitrogens with zero attached hydrogens (tertiary/aromatic N) is 1. The largest absolute Gasteiger partial charge is 0.452 e. The van der Waals surface area contributed by atoms with E-state index in [9.17, 15) is 19.7 Å². The summed E-state index contributed by atoms with van der Waals surface area (Å²) in [5.41, 5.74) is 5.33. The van der Waals surface area contributed by atoms with Crippen LogP contribution in [-0.2, 0) is 9.53 Å². The molecule has 0 saturated heterocycles. The van der Waals surface area contributed by atoms with Gasteiger partial charge in [-0.3, -0.25) is 14.9 Å². The third kappa shape index (κ3) is 4.68. The monoisotopic (exact) mass is 349 g/mol. The lowest BCUT2D eigenvalue weighted by molar-refractivity contribution is -0.384. The molecule has 3 atom stereocenters. The molecule has 1 fully saturated rings. The molecular weight excluding hydrogens is 326 g/mol. The molecular formula is C17H23N3O5. The molecule has 0 unspecified atom stereocenters. The smallest absolute Gasteiger partial charge is 0.341 e. The highest BCUT2D eigenvalue weighted by molar-refractivity contribution is 5.97. The molecule has 1 aliphatic carbocycles. The van der Waals surface area contributed by atoms with E-state index in [-0.39, 0.29) is 28.9 Å². The number of nitro groups is 1. The van der Waals surface area contributed by atoms with Crippen LogP contribution in [0, 0.1) is 22.0 Å². The fourth-order valence-corrected chi connectivity index (χ4v) is 3.08. The van der Waals surface area contributed by atoms with Crippen molar-refractivity contribution in [3.63, 3.8) is 0 Å². The fraction of sp³-hybridized carbons (Fsp3) is 0.529. The van der Waals surface area contributed by atoms with Gasteiger partial charge in [0.1, 0.15) is 0 Å². The molecule has 136 valence electrons. The summed E-state index contributed by atoms with van der Waals surface area (Å²) in [4.78, 5) is 34.2. The van der Waals surface area contributed by atoms with Crippen molar-refractivity contribution < 1.29 is 19.2 Å². The number of hydrogen-bond acceptors (Lipinski definition) is 6. The van der Waals surface area contributed by atoms with Gasteiger partial charge in [-0.1, -0.05) is 26.7 Å². The van der Waals surface area contributed by atoms with Crippen LogP contribution in [0.2, 0.25) is 0 Å². The van der Waals surface area contributed by atoms with Gasteiger partial charge in [0.05, 0.1) is 10.5 Å². The van der Waals surface area contributed by atoms with E-state index in [2.05, 4.69) is 19.2 Å². The van der Waals surface area contributed by atoms with Crippen molar-refractivity contribution in [3.8, 4) is 0 Å². The molecule has 0 aliphatic heterocycles. The highest BCUT2D eigenvalue weighted by atomic mass is 16.6. The number of nitro benzene ring substituents is 1. The molecule has 8 nitrogen and oxygen atoms in total. The van der Waals surface area contributed by atoms with Crippen LogP contribution < -0.4 is 11.1 Å². The number of non-ortho nitro benzene ring substituents is 1. The number of anilines is 1. The summed E-state index contributed by atoms with van der Waals surface area (Å²) < 4.78 is 4.96. The third-order valence-electron chi connectivity index (χ3n) is 4.86. The second kappa shape index (κ2) is 7.96. The number of ether oxygens (including phenoxy) is 1. The average molecular weight is 349 g/mol. The number of carbonyl (C=O) groups excluding carboxylic acids is 2. The third-order valence-corrected chi connectivity index (χ3v) is 4.86. The standard InChI is InChI=1S/C17H23N3O5/c1-10-4-3-5-15(11(10)2)19-16(21)9-25-17(22)13-8-12(20(23)24)6-7-14(13)18/h6-8,10-11,15H,3-5,9,18H2,1-2H3,(H,19,21)/t10-,11+,15+/m0/s1. The van der Waals surface area contributed by atoms with Crippen LogP contribution in [0.5, 0.6) is 0 Å². The number of hydrogen-bond donors (Lipinski definition) is 2. The number of nitrogens with one attached hydrogen (secondary N) is 1. The van der Waals surface area contributed by atoms with Crippen LogP contribution in [0.1, 0.15) is 43.5 Å². The Balaban J connectivity index is 1.92. The van der Waals surface area contributed by atoms with Crippen LogP contribution in [0.4, 0.5) is 11.4 Å². The second-order valence-electron chi connectivity index (χ2n) is 6.55. The van der Waals surface area contributed by atoms with E-state index in [1.807, 2.05) is 0 Å². The van der Waals surface area contributed by atoms with Gasteiger partial charge in [0.2, 0.25) is 0 Å². The van der Waals surface area contributed by atoms with Crippen LogP contribution in [0.15, 0.2) is 18.2 Å². The number of esters is 1. The number of benzene rings is 1. The van der Waals surface area contributed by atoms with E-state index >= 15 is 0 Å². The summed E-state index contributed by atoms with van der Waals surface area (Å²) in [7, 11) is 0. The predicted molar refractivity (Wildman–Crippen MR) is 91.9 cm³/mol. The number of amides is 1. The molecule has 8 heteroatoms. The van der Waals surface area contributed by atoms with Gasteiger partial charge in [-0.15, -0.1) is 0 Å². The second-order valence-corrected chi connectivity index (χ2v) is 6.55. The molecule has 1 aliphatic rings. The lowest BCUT2D eigenvalue weighted by atomic mass is 9.78. The molecule has 1 aromatic rings. The molecule has 0 radical (unpaired) electrons. The number of carbonyl (C=O) groups is 2. The normalized spacial score (nSPS) is 22.9.